The summed E-state index contributed by atoms with van der Waals surface area (Å²) in [6, 6.07) is 7.58. The Balaban J connectivity index is 1.88. The van der Waals surface area contributed by atoms with Crippen LogP contribution in [0, 0.1) is 0 Å². The summed E-state index contributed by atoms with van der Waals surface area (Å²) in [5, 5.41) is 16.4. The summed E-state index contributed by atoms with van der Waals surface area (Å²) in [6.07, 6.45) is 1.19. The molecule has 0 bridgehead atoms. The predicted octanol–water partition coefficient (Wildman–Crippen LogP) is 1.33. The van der Waals surface area contributed by atoms with Crippen molar-refractivity contribution in [3.63, 3.8) is 0 Å². The van der Waals surface area contributed by atoms with Crippen molar-refractivity contribution in [1.82, 2.24) is 20.4 Å². The minimum Gasteiger partial charge on any atom is -0.392 e. The lowest BCUT2D eigenvalue weighted by Gasteiger charge is -2.03. The number of nitrogens with zero attached hydrogens (tertiary/aromatic N) is 2. The van der Waals surface area contributed by atoms with E-state index in [0.717, 1.165) is 16.5 Å². The summed E-state index contributed by atoms with van der Waals surface area (Å²) in [5.41, 5.74) is 1.74. The van der Waals surface area contributed by atoms with E-state index in [1.165, 1.54) is 0 Å². The van der Waals surface area contributed by atoms with Crippen LogP contribution in [0.1, 0.15) is 17.6 Å². The molecule has 7 heteroatoms. The Kier molecular flexibility index (Phi) is 3.41. The number of hydrogen-bond acceptors (Lipinski definition) is 5. The molecule has 3 rings (SSSR count). The average Bonchev–Trinajstić information content (AvgIpc) is 3.12. The van der Waals surface area contributed by atoms with Crippen LogP contribution in [-0.4, -0.2) is 38.8 Å². The molecule has 7 nitrogen and oxygen atoms in total. The van der Waals surface area contributed by atoms with Gasteiger partial charge in [0.1, 0.15) is 0 Å². The lowest BCUT2D eigenvalue weighted by Crippen LogP contribution is -2.30. The molecule has 0 radical (unpaired) electrons. The molecule has 1 atom stereocenters. The molecule has 1 amide bonds. The van der Waals surface area contributed by atoms with Crippen molar-refractivity contribution in [2.45, 2.75) is 13.0 Å². The van der Waals surface area contributed by atoms with Gasteiger partial charge in [0.25, 0.3) is 0 Å². The third-order valence-corrected chi connectivity index (χ3v) is 3.01. The van der Waals surface area contributed by atoms with Crippen LogP contribution in [0.5, 0.6) is 0 Å². The predicted molar refractivity (Wildman–Crippen MR) is 75.6 cm³/mol. The lowest BCUT2D eigenvalue weighted by atomic mass is 10.1. The second-order valence-electron chi connectivity index (χ2n) is 4.73. The van der Waals surface area contributed by atoms with E-state index in [-0.39, 0.29) is 12.4 Å². The Morgan fingerprint density at radius 3 is 3.14 bits per heavy atom. The van der Waals surface area contributed by atoms with Gasteiger partial charge in [-0.05, 0) is 19.1 Å². The van der Waals surface area contributed by atoms with Crippen LogP contribution in [0.25, 0.3) is 22.3 Å². The molecule has 0 saturated carbocycles. The number of aromatic nitrogens is 3. The van der Waals surface area contributed by atoms with E-state index in [0.29, 0.717) is 5.82 Å². The number of fused-ring (bicyclic) bond motifs is 1. The summed E-state index contributed by atoms with van der Waals surface area (Å²) in [5.74, 6) is -0.281. The minimum atomic E-state index is -0.634. The van der Waals surface area contributed by atoms with E-state index >= 15 is 0 Å². The fourth-order valence-electron chi connectivity index (χ4n) is 2.02. The third-order valence-electron chi connectivity index (χ3n) is 3.01. The van der Waals surface area contributed by atoms with E-state index < -0.39 is 12.0 Å². The van der Waals surface area contributed by atoms with Gasteiger partial charge in [0.2, 0.25) is 5.82 Å². The largest absolute Gasteiger partial charge is 0.392 e. The van der Waals surface area contributed by atoms with Gasteiger partial charge in [0.15, 0.2) is 0 Å². The van der Waals surface area contributed by atoms with Crippen LogP contribution in [0.4, 0.5) is 0 Å². The van der Waals surface area contributed by atoms with Gasteiger partial charge in [-0.2, -0.15) is 4.98 Å². The molecule has 0 aliphatic rings. The molecule has 0 fully saturated rings. The van der Waals surface area contributed by atoms with E-state index in [1.54, 1.807) is 6.92 Å². The molecule has 0 aliphatic carbocycles. The highest BCUT2D eigenvalue weighted by atomic mass is 16.5. The van der Waals surface area contributed by atoms with Crippen LogP contribution in [-0.2, 0) is 0 Å². The summed E-state index contributed by atoms with van der Waals surface area (Å²) in [4.78, 5) is 19.0. The highest BCUT2D eigenvalue weighted by Gasteiger charge is 2.17. The van der Waals surface area contributed by atoms with Crippen molar-refractivity contribution in [3.05, 3.63) is 36.4 Å². The van der Waals surface area contributed by atoms with Crippen LogP contribution >= 0.6 is 0 Å². The maximum Gasteiger partial charge on any atom is 0.316 e. The van der Waals surface area contributed by atoms with Crippen molar-refractivity contribution in [3.8, 4) is 11.4 Å². The van der Waals surface area contributed by atoms with Gasteiger partial charge in [0, 0.05) is 29.2 Å². The molecule has 108 valence electrons. The fourth-order valence-corrected chi connectivity index (χ4v) is 2.02. The number of carbonyl (C=O) groups excluding carboxylic acids is 1. The number of aromatic amines is 1. The number of rotatable bonds is 4. The topological polar surface area (TPSA) is 104 Å². The maximum atomic E-state index is 11.8. The zero-order valence-electron chi connectivity index (χ0n) is 11.3. The Morgan fingerprint density at radius 2 is 2.33 bits per heavy atom. The summed E-state index contributed by atoms with van der Waals surface area (Å²) < 4.78 is 4.97. The van der Waals surface area contributed by atoms with Crippen LogP contribution in [0.3, 0.4) is 0 Å². The zero-order chi connectivity index (χ0) is 14.8. The molecule has 0 unspecified atom stereocenters. The van der Waals surface area contributed by atoms with Gasteiger partial charge >= 0.3 is 11.8 Å². The maximum absolute atomic E-state index is 11.8. The van der Waals surface area contributed by atoms with E-state index in [4.69, 9.17) is 9.63 Å². The molecule has 0 saturated heterocycles. The van der Waals surface area contributed by atoms with Crippen LogP contribution in [0.15, 0.2) is 35.0 Å². The van der Waals surface area contributed by atoms with E-state index in [1.807, 2.05) is 30.5 Å². The first-order valence-corrected chi connectivity index (χ1v) is 6.51. The molecule has 3 aromatic rings. The number of aliphatic hydroxyl groups excluding tert-OH is 1. The minimum absolute atomic E-state index is 0.127. The Labute approximate surface area is 120 Å². The number of amides is 1. The van der Waals surface area contributed by atoms with Crippen LogP contribution < -0.4 is 5.32 Å². The second kappa shape index (κ2) is 5.37. The van der Waals surface area contributed by atoms with E-state index in [2.05, 4.69) is 20.4 Å². The highest BCUT2D eigenvalue weighted by molar-refractivity contribution is 5.94. The molecule has 2 aromatic heterocycles. The monoisotopic (exact) mass is 286 g/mol. The summed E-state index contributed by atoms with van der Waals surface area (Å²) in [7, 11) is 0. The molecule has 2 heterocycles. The van der Waals surface area contributed by atoms with Crippen LogP contribution in [0.2, 0.25) is 0 Å². The van der Waals surface area contributed by atoms with Crippen molar-refractivity contribution < 1.29 is 14.4 Å². The molecule has 3 N–H and O–H groups in total. The lowest BCUT2D eigenvalue weighted by molar-refractivity contribution is 0.0880. The first kappa shape index (κ1) is 13.3. The number of H-pyrrole nitrogens is 1. The number of carbonyl (C=O) groups is 1. The third kappa shape index (κ3) is 2.63. The number of nitrogens with one attached hydrogen (secondary N) is 2. The van der Waals surface area contributed by atoms with Gasteiger partial charge in [-0.3, -0.25) is 4.79 Å². The first-order valence-electron chi connectivity index (χ1n) is 6.51. The van der Waals surface area contributed by atoms with Crippen molar-refractivity contribution in [2.24, 2.45) is 0 Å². The quantitative estimate of drug-likeness (QED) is 0.671. The van der Waals surface area contributed by atoms with Crippen molar-refractivity contribution in [2.75, 3.05) is 6.54 Å². The highest BCUT2D eigenvalue weighted by Crippen LogP contribution is 2.25. The Morgan fingerprint density at radius 1 is 1.48 bits per heavy atom. The molecule has 0 aliphatic heterocycles. The Hall–Kier alpha value is -2.67. The number of aliphatic hydroxyl groups is 1. The standard InChI is InChI=1S/C14H14N4O3/c1-8(19)7-16-13(20)14-17-12(18-21-14)10-3-2-4-11-9(10)5-6-15-11/h2-6,8,15,19H,7H2,1H3,(H,16,20)/t8-/m1/s1. The molecule has 21 heavy (non-hydrogen) atoms. The first-order chi connectivity index (χ1) is 10.1. The van der Waals surface area contributed by atoms with Gasteiger partial charge in [-0.15, -0.1) is 0 Å². The smallest absolute Gasteiger partial charge is 0.316 e. The van der Waals surface area contributed by atoms with Crippen molar-refractivity contribution in [1.29, 1.82) is 0 Å². The Bertz CT molecular complexity index is 775. The van der Waals surface area contributed by atoms with Gasteiger partial charge < -0.3 is 19.9 Å². The second-order valence-corrected chi connectivity index (χ2v) is 4.73. The molecule has 0 spiro atoms. The fraction of sp³-hybridized carbons (Fsp3) is 0.214. The average molecular weight is 286 g/mol. The van der Waals surface area contributed by atoms with Crippen molar-refractivity contribution >= 4 is 16.8 Å². The zero-order valence-corrected chi connectivity index (χ0v) is 11.3. The summed E-state index contributed by atoms with van der Waals surface area (Å²) in [6.45, 7) is 1.70. The molecule has 1 aromatic carbocycles. The number of benzene rings is 1. The van der Waals surface area contributed by atoms with E-state index in [9.17, 15) is 4.79 Å². The normalized spacial score (nSPS) is 12.5. The van der Waals surface area contributed by atoms with Gasteiger partial charge in [-0.1, -0.05) is 17.3 Å². The molecular weight excluding hydrogens is 272 g/mol. The number of hydrogen-bond donors (Lipinski definition) is 3. The summed E-state index contributed by atoms with van der Waals surface area (Å²) >= 11 is 0. The molecular formula is C14H14N4O3. The SMILES string of the molecule is C[C@@H](O)CNC(=O)c1nc(-c2cccc3[nH]ccc23)no1. The van der Waals surface area contributed by atoms with Gasteiger partial charge in [0.05, 0.1) is 6.10 Å². The van der Waals surface area contributed by atoms with Gasteiger partial charge in [-0.25, -0.2) is 0 Å².